The van der Waals surface area contributed by atoms with Crippen LogP contribution < -0.4 is 0 Å². The van der Waals surface area contributed by atoms with Crippen LogP contribution in [0, 0.1) is 16.7 Å². The number of hydrogen-bond acceptors (Lipinski definition) is 2. The van der Waals surface area contributed by atoms with E-state index in [1.807, 2.05) is 48.5 Å². The van der Waals surface area contributed by atoms with Gasteiger partial charge in [-0.25, -0.2) is 0 Å². The Hall–Kier alpha value is -0.660. The molecule has 0 saturated heterocycles. The van der Waals surface area contributed by atoms with Crippen LogP contribution in [0.15, 0.2) is 0 Å². The van der Waals surface area contributed by atoms with Crippen LogP contribution in [0.25, 0.3) is 0 Å². The lowest BCUT2D eigenvalue weighted by atomic mass is 9.80. The molecule has 0 aliphatic heterocycles. The van der Waals surface area contributed by atoms with Crippen LogP contribution in [-0.4, -0.2) is 11.6 Å². The molecule has 2 nitrogen and oxygen atoms in total. The molecule has 0 aromatic rings. The van der Waals surface area contributed by atoms with Gasteiger partial charge in [-0.05, 0) is 6.42 Å². The molecule has 0 radical (unpaired) electrons. The predicted molar refractivity (Wildman–Crippen MR) is 67.3 cm³/mol. The first kappa shape index (κ1) is 15.3. The van der Waals surface area contributed by atoms with Crippen LogP contribution in [0.3, 0.4) is 0 Å². The summed E-state index contributed by atoms with van der Waals surface area (Å²) in [5.74, 6) is 0.460. The summed E-state index contributed by atoms with van der Waals surface area (Å²) in [5.41, 5.74) is -0.589. The summed E-state index contributed by atoms with van der Waals surface area (Å²) in [6, 6.07) is 0. The normalized spacial score (nSPS) is 14.7. The van der Waals surface area contributed by atoms with Gasteiger partial charge in [-0.15, -0.1) is 0 Å². The third-order valence-electron chi connectivity index (χ3n) is 2.83. The molecule has 1 atom stereocenters. The molecule has 0 aromatic heterocycles. The first-order valence-electron chi connectivity index (χ1n) is 6.04. The monoisotopic (exact) mass is 226 g/mol. The van der Waals surface area contributed by atoms with Crippen molar-refractivity contribution >= 4 is 11.6 Å². The van der Waals surface area contributed by atoms with Gasteiger partial charge in [0.1, 0.15) is 11.6 Å². The van der Waals surface area contributed by atoms with Crippen molar-refractivity contribution in [1.29, 1.82) is 0 Å². The number of carbonyl (C=O) groups excluding carboxylic acids is 2. The van der Waals surface area contributed by atoms with Crippen LogP contribution in [0.2, 0.25) is 0 Å². The van der Waals surface area contributed by atoms with Crippen LogP contribution in [0.5, 0.6) is 0 Å². The maximum absolute atomic E-state index is 11.9. The SMILES string of the molecule is CC(CCC(=O)C(C)(C)C)C(=O)C(C)(C)C. The highest BCUT2D eigenvalue weighted by Gasteiger charge is 2.28. The van der Waals surface area contributed by atoms with Crippen molar-refractivity contribution in [1.82, 2.24) is 0 Å². The molecule has 94 valence electrons. The van der Waals surface area contributed by atoms with Gasteiger partial charge in [-0.2, -0.15) is 0 Å². The predicted octanol–water partition coefficient (Wildman–Crippen LogP) is 3.63. The van der Waals surface area contributed by atoms with E-state index in [1.165, 1.54) is 0 Å². The van der Waals surface area contributed by atoms with Crippen molar-refractivity contribution < 1.29 is 9.59 Å². The highest BCUT2D eigenvalue weighted by atomic mass is 16.1. The van der Waals surface area contributed by atoms with Crippen LogP contribution in [0.1, 0.15) is 61.3 Å². The topological polar surface area (TPSA) is 34.1 Å². The summed E-state index contributed by atoms with van der Waals surface area (Å²) in [7, 11) is 0. The summed E-state index contributed by atoms with van der Waals surface area (Å²) in [5, 5.41) is 0. The van der Waals surface area contributed by atoms with E-state index < -0.39 is 0 Å². The smallest absolute Gasteiger partial charge is 0.141 e. The lowest BCUT2D eigenvalue weighted by molar-refractivity contribution is -0.131. The van der Waals surface area contributed by atoms with E-state index >= 15 is 0 Å². The molecule has 0 heterocycles. The lowest BCUT2D eigenvalue weighted by Crippen LogP contribution is -2.28. The molecule has 0 N–H and O–H groups in total. The Kier molecular flexibility index (Phi) is 4.90. The summed E-state index contributed by atoms with van der Waals surface area (Å²) in [4.78, 5) is 23.6. The van der Waals surface area contributed by atoms with Gasteiger partial charge in [-0.1, -0.05) is 48.5 Å². The molecule has 0 rings (SSSR count). The van der Waals surface area contributed by atoms with E-state index in [4.69, 9.17) is 0 Å². The molecule has 0 spiro atoms. The van der Waals surface area contributed by atoms with Crippen LogP contribution >= 0.6 is 0 Å². The van der Waals surface area contributed by atoms with Crippen molar-refractivity contribution in [3.63, 3.8) is 0 Å². The maximum atomic E-state index is 11.9. The van der Waals surface area contributed by atoms with Gasteiger partial charge in [0, 0.05) is 23.2 Å². The summed E-state index contributed by atoms with van der Waals surface area (Å²) < 4.78 is 0. The highest BCUT2D eigenvalue weighted by Crippen LogP contribution is 2.25. The van der Waals surface area contributed by atoms with Gasteiger partial charge in [0.25, 0.3) is 0 Å². The fourth-order valence-electron chi connectivity index (χ4n) is 1.59. The van der Waals surface area contributed by atoms with Gasteiger partial charge in [0.05, 0.1) is 0 Å². The average molecular weight is 226 g/mol. The van der Waals surface area contributed by atoms with Gasteiger partial charge in [-0.3, -0.25) is 9.59 Å². The number of rotatable bonds is 4. The molecule has 0 fully saturated rings. The third-order valence-corrected chi connectivity index (χ3v) is 2.83. The Bertz CT molecular complexity index is 263. The van der Waals surface area contributed by atoms with Crippen molar-refractivity contribution in [2.24, 2.45) is 16.7 Å². The molecule has 0 amide bonds. The van der Waals surface area contributed by atoms with Crippen molar-refractivity contribution in [3.8, 4) is 0 Å². The van der Waals surface area contributed by atoms with E-state index in [-0.39, 0.29) is 28.3 Å². The minimum Gasteiger partial charge on any atom is -0.299 e. The number of Topliss-reactive ketones (excluding diaryl/α,β-unsaturated/α-hetero) is 2. The number of carbonyl (C=O) groups is 2. The van der Waals surface area contributed by atoms with Crippen LogP contribution in [0.4, 0.5) is 0 Å². The summed E-state index contributed by atoms with van der Waals surface area (Å²) >= 11 is 0. The molecular formula is C14H26O2. The van der Waals surface area contributed by atoms with Gasteiger partial charge < -0.3 is 0 Å². The zero-order valence-corrected chi connectivity index (χ0v) is 11.8. The second-order valence-corrected chi connectivity index (χ2v) is 6.73. The first-order chi connectivity index (χ1) is 6.96. The zero-order valence-electron chi connectivity index (χ0n) is 11.8. The van der Waals surface area contributed by atoms with E-state index in [0.717, 1.165) is 0 Å². The third kappa shape index (κ3) is 4.91. The van der Waals surface area contributed by atoms with Crippen molar-refractivity contribution in [3.05, 3.63) is 0 Å². The quantitative estimate of drug-likeness (QED) is 0.733. The lowest BCUT2D eigenvalue weighted by Gasteiger charge is -2.23. The summed E-state index contributed by atoms with van der Waals surface area (Å²) in [6.07, 6.45) is 1.18. The first-order valence-corrected chi connectivity index (χ1v) is 6.04. The molecule has 0 aliphatic carbocycles. The van der Waals surface area contributed by atoms with Crippen molar-refractivity contribution in [2.75, 3.05) is 0 Å². The molecule has 16 heavy (non-hydrogen) atoms. The Balaban J connectivity index is 4.25. The molecular weight excluding hydrogens is 200 g/mol. The minimum atomic E-state index is -0.301. The van der Waals surface area contributed by atoms with E-state index in [2.05, 4.69) is 0 Å². The molecule has 1 unspecified atom stereocenters. The average Bonchev–Trinajstić information content (AvgIpc) is 2.09. The minimum absolute atomic E-state index is 0.0219. The fourth-order valence-corrected chi connectivity index (χ4v) is 1.59. The Morgan fingerprint density at radius 3 is 1.69 bits per heavy atom. The number of ketones is 2. The van der Waals surface area contributed by atoms with E-state index in [0.29, 0.717) is 12.8 Å². The highest BCUT2D eigenvalue weighted by molar-refractivity contribution is 5.87. The Labute approximate surface area is 99.8 Å². The second kappa shape index (κ2) is 5.11. The zero-order chi connectivity index (χ0) is 13.1. The maximum Gasteiger partial charge on any atom is 0.141 e. The van der Waals surface area contributed by atoms with Gasteiger partial charge in [0.2, 0.25) is 0 Å². The van der Waals surface area contributed by atoms with Gasteiger partial charge in [0.15, 0.2) is 0 Å². The molecule has 0 aromatic carbocycles. The van der Waals surface area contributed by atoms with Crippen LogP contribution in [-0.2, 0) is 9.59 Å². The summed E-state index contributed by atoms with van der Waals surface area (Å²) in [6.45, 7) is 13.5. The molecule has 0 bridgehead atoms. The largest absolute Gasteiger partial charge is 0.299 e. The Morgan fingerprint density at radius 1 is 0.938 bits per heavy atom. The Morgan fingerprint density at radius 2 is 1.38 bits per heavy atom. The van der Waals surface area contributed by atoms with Gasteiger partial charge >= 0.3 is 0 Å². The van der Waals surface area contributed by atoms with E-state index in [9.17, 15) is 9.59 Å². The number of hydrogen-bond donors (Lipinski definition) is 0. The molecule has 2 heteroatoms. The van der Waals surface area contributed by atoms with E-state index in [1.54, 1.807) is 0 Å². The fraction of sp³-hybridized carbons (Fsp3) is 0.857. The molecule has 0 saturated carbocycles. The second-order valence-electron chi connectivity index (χ2n) is 6.73. The molecule has 0 aliphatic rings. The van der Waals surface area contributed by atoms with Crippen molar-refractivity contribution in [2.45, 2.75) is 61.3 Å². The standard InChI is InChI=1S/C14H26O2/c1-10(12(16)14(5,6)7)8-9-11(15)13(2,3)4/h10H,8-9H2,1-7H3.